The van der Waals surface area contributed by atoms with Crippen molar-refractivity contribution in [2.24, 2.45) is 5.41 Å². The summed E-state index contributed by atoms with van der Waals surface area (Å²) < 4.78 is 10.9. The van der Waals surface area contributed by atoms with Gasteiger partial charge in [0.2, 0.25) is 12.7 Å². The monoisotopic (exact) mass is 457 g/mol. The summed E-state index contributed by atoms with van der Waals surface area (Å²) in [5.41, 5.74) is 1.29. The number of fused-ring (bicyclic) bond motifs is 1. The first-order valence-electron chi connectivity index (χ1n) is 11.0. The lowest BCUT2D eigenvalue weighted by Gasteiger charge is -2.39. The fraction of sp³-hybridized carbons (Fsp3) is 0.231. The fourth-order valence-corrected chi connectivity index (χ4v) is 4.43. The fourth-order valence-electron chi connectivity index (χ4n) is 4.43. The Morgan fingerprint density at radius 1 is 1.00 bits per heavy atom. The summed E-state index contributed by atoms with van der Waals surface area (Å²) in [4.78, 5) is 45.6. The molecule has 1 atom stereocenters. The van der Waals surface area contributed by atoms with E-state index in [0.29, 0.717) is 23.6 Å². The number of nitrogens with one attached hydrogen (secondary N) is 1. The molecular formula is C26H23N3O5. The molecule has 4 amide bonds. The number of carbonyl (C=O) groups excluding carboxylic acids is 3. The number of carbonyl (C=O) groups is 3. The number of barbiturate groups is 1. The summed E-state index contributed by atoms with van der Waals surface area (Å²) in [7, 11) is 0. The molecule has 0 bridgehead atoms. The maximum Gasteiger partial charge on any atom is 0.335 e. The summed E-state index contributed by atoms with van der Waals surface area (Å²) in [6.45, 7) is 2.00. The average molecular weight is 457 g/mol. The van der Waals surface area contributed by atoms with Crippen LogP contribution in [0.5, 0.6) is 11.5 Å². The van der Waals surface area contributed by atoms with Gasteiger partial charge in [-0.15, -0.1) is 0 Å². The van der Waals surface area contributed by atoms with Crippen molar-refractivity contribution in [3.05, 3.63) is 83.7 Å². The molecule has 0 aliphatic carbocycles. The van der Waals surface area contributed by atoms with Crippen molar-refractivity contribution in [1.82, 2.24) is 10.3 Å². The van der Waals surface area contributed by atoms with Crippen LogP contribution in [0.15, 0.2) is 66.9 Å². The minimum absolute atomic E-state index is 0.0940. The minimum Gasteiger partial charge on any atom is -0.454 e. The quantitative estimate of drug-likeness (QED) is 0.569. The van der Waals surface area contributed by atoms with E-state index in [1.165, 1.54) is 0 Å². The zero-order chi connectivity index (χ0) is 23.7. The summed E-state index contributed by atoms with van der Waals surface area (Å²) in [6, 6.07) is 17.2. The van der Waals surface area contributed by atoms with Crippen LogP contribution in [0.25, 0.3) is 0 Å². The van der Waals surface area contributed by atoms with E-state index >= 15 is 0 Å². The Morgan fingerprint density at radius 3 is 2.65 bits per heavy atom. The van der Waals surface area contributed by atoms with E-state index in [9.17, 15) is 14.4 Å². The first-order valence-corrected chi connectivity index (χ1v) is 11.0. The van der Waals surface area contributed by atoms with Crippen LogP contribution in [0.3, 0.4) is 0 Å². The number of urea groups is 1. The number of hydrogen-bond acceptors (Lipinski definition) is 6. The lowest BCUT2D eigenvalue weighted by molar-refractivity contribution is -0.143. The van der Waals surface area contributed by atoms with Crippen LogP contribution in [-0.2, 0) is 22.4 Å². The SMILES string of the molecule is Cc1cccc(N2C(=O)NC(=O)[C@@](CCc3ccccn3)(Cc3ccc4c(c3)OCO4)C2=O)c1. The van der Waals surface area contributed by atoms with Gasteiger partial charge in [-0.1, -0.05) is 24.3 Å². The average Bonchev–Trinajstić information content (AvgIpc) is 3.30. The zero-order valence-electron chi connectivity index (χ0n) is 18.6. The van der Waals surface area contributed by atoms with Crippen LogP contribution >= 0.6 is 0 Å². The van der Waals surface area contributed by atoms with E-state index in [1.807, 2.05) is 37.3 Å². The second-order valence-corrected chi connectivity index (χ2v) is 8.51. The molecule has 0 saturated carbocycles. The largest absolute Gasteiger partial charge is 0.454 e. The van der Waals surface area contributed by atoms with Gasteiger partial charge in [-0.3, -0.25) is 19.9 Å². The molecule has 2 aromatic carbocycles. The highest BCUT2D eigenvalue weighted by Gasteiger charge is 2.54. The van der Waals surface area contributed by atoms with Gasteiger partial charge >= 0.3 is 6.03 Å². The van der Waals surface area contributed by atoms with Crippen molar-refractivity contribution < 1.29 is 23.9 Å². The van der Waals surface area contributed by atoms with Crippen molar-refractivity contribution in [1.29, 1.82) is 0 Å². The standard InChI is InChI=1S/C26H23N3O5/c1-17-5-4-7-20(13-17)29-24(31)26(23(30)28-25(29)32,11-10-19-6-2-3-12-27-19)15-18-8-9-21-22(14-18)34-16-33-21/h2-9,12-14H,10-11,15-16H2,1H3,(H,28,30,32)/t26-/m1/s1. The molecule has 3 heterocycles. The molecule has 3 aromatic rings. The first-order chi connectivity index (χ1) is 16.5. The van der Waals surface area contributed by atoms with E-state index in [4.69, 9.17) is 9.47 Å². The van der Waals surface area contributed by atoms with E-state index in [0.717, 1.165) is 21.7 Å². The lowest BCUT2D eigenvalue weighted by atomic mass is 9.74. The number of rotatable bonds is 6. The van der Waals surface area contributed by atoms with Gasteiger partial charge in [0.15, 0.2) is 11.5 Å². The second-order valence-electron chi connectivity index (χ2n) is 8.51. The highest BCUT2D eigenvalue weighted by Crippen LogP contribution is 2.39. The molecule has 0 radical (unpaired) electrons. The molecule has 0 spiro atoms. The predicted molar refractivity (Wildman–Crippen MR) is 123 cm³/mol. The van der Waals surface area contributed by atoms with Crippen molar-refractivity contribution in [2.75, 3.05) is 11.7 Å². The van der Waals surface area contributed by atoms with Crippen LogP contribution in [0.1, 0.15) is 23.2 Å². The van der Waals surface area contributed by atoms with Crippen LogP contribution < -0.4 is 19.7 Å². The zero-order valence-corrected chi connectivity index (χ0v) is 18.6. The van der Waals surface area contributed by atoms with Crippen LogP contribution in [-0.4, -0.2) is 29.6 Å². The maximum atomic E-state index is 14.0. The number of imide groups is 2. The minimum atomic E-state index is -1.51. The molecule has 8 heteroatoms. The molecule has 1 fully saturated rings. The Balaban J connectivity index is 1.55. The Morgan fingerprint density at radius 2 is 1.85 bits per heavy atom. The van der Waals surface area contributed by atoms with Crippen molar-refractivity contribution in [3.8, 4) is 11.5 Å². The molecule has 172 valence electrons. The Labute approximate surface area is 196 Å². The highest BCUT2D eigenvalue weighted by atomic mass is 16.7. The van der Waals surface area contributed by atoms with Gasteiger partial charge in [0, 0.05) is 11.9 Å². The first kappa shape index (κ1) is 21.6. The smallest absolute Gasteiger partial charge is 0.335 e. The number of amides is 4. The van der Waals surface area contributed by atoms with Gasteiger partial charge < -0.3 is 9.47 Å². The normalized spacial score (nSPS) is 19.3. The van der Waals surface area contributed by atoms with Crippen molar-refractivity contribution in [2.45, 2.75) is 26.2 Å². The number of anilines is 1. The molecule has 34 heavy (non-hydrogen) atoms. The molecule has 5 rings (SSSR count). The Kier molecular flexibility index (Phi) is 5.49. The van der Waals surface area contributed by atoms with Gasteiger partial charge in [-0.25, -0.2) is 9.69 Å². The maximum absolute atomic E-state index is 14.0. The number of pyridine rings is 1. The van der Waals surface area contributed by atoms with Gasteiger partial charge in [0.05, 0.1) is 5.69 Å². The molecule has 1 aromatic heterocycles. The van der Waals surface area contributed by atoms with Crippen LogP contribution in [0.2, 0.25) is 0 Å². The molecule has 2 aliphatic rings. The van der Waals surface area contributed by atoms with Crippen LogP contribution in [0, 0.1) is 12.3 Å². The van der Waals surface area contributed by atoms with Gasteiger partial charge in [-0.2, -0.15) is 0 Å². The van der Waals surface area contributed by atoms with Gasteiger partial charge in [-0.05, 0) is 73.7 Å². The topological polar surface area (TPSA) is 97.8 Å². The molecule has 1 saturated heterocycles. The summed E-state index contributed by atoms with van der Waals surface area (Å²) in [5.74, 6) is 0.00961. The van der Waals surface area contributed by atoms with Gasteiger partial charge in [0.25, 0.3) is 5.91 Å². The molecule has 2 aliphatic heterocycles. The number of aromatic nitrogens is 1. The number of nitrogens with zero attached hydrogens (tertiary/aromatic N) is 2. The van der Waals surface area contributed by atoms with Crippen molar-refractivity contribution in [3.63, 3.8) is 0 Å². The van der Waals surface area contributed by atoms with E-state index < -0.39 is 23.3 Å². The third-order valence-electron chi connectivity index (χ3n) is 6.21. The molecule has 8 nitrogen and oxygen atoms in total. The van der Waals surface area contributed by atoms with E-state index in [1.54, 1.807) is 36.5 Å². The van der Waals surface area contributed by atoms with Gasteiger partial charge in [0.1, 0.15) is 5.41 Å². The highest BCUT2D eigenvalue weighted by molar-refractivity contribution is 6.30. The van der Waals surface area contributed by atoms with E-state index in [2.05, 4.69) is 10.3 Å². The molecular weight excluding hydrogens is 434 g/mol. The second kappa shape index (κ2) is 8.62. The number of benzene rings is 2. The predicted octanol–water partition coefficient (Wildman–Crippen LogP) is 3.56. The number of ether oxygens (including phenoxy) is 2. The third kappa shape index (κ3) is 3.87. The summed E-state index contributed by atoms with van der Waals surface area (Å²) >= 11 is 0. The van der Waals surface area contributed by atoms with Crippen molar-refractivity contribution >= 4 is 23.5 Å². The van der Waals surface area contributed by atoms with Crippen LogP contribution in [0.4, 0.5) is 10.5 Å². The molecule has 1 N–H and O–H groups in total. The summed E-state index contributed by atoms with van der Waals surface area (Å²) in [5, 5.41) is 2.43. The number of aryl methyl sites for hydroxylation is 2. The third-order valence-corrected chi connectivity index (χ3v) is 6.21. The van der Waals surface area contributed by atoms with E-state index in [-0.39, 0.29) is 19.6 Å². The number of hydrogen-bond donors (Lipinski definition) is 1. The Bertz CT molecular complexity index is 1280. The summed E-state index contributed by atoms with van der Waals surface area (Å²) in [6.07, 6.45) is 2.33. The molecule has 0 unspecified atom stereocenters. The Hall–Kier alpha value is -4.20. The lowest BCUT2D eigenvalue weighted by Crippen LogP contribution is -2.65.